The van der Waals surface area contributed by atoms with Crippen LogP contribution >= 0.6 is 11.6 Å². The van der Waals surface area contributed by atoms with Gasteiger partial charge in [-0.25, -0.2) is 0 Å². The predicted octanol–water partition coefficient (Wildman–Crippen LogP) is 4.92. The first-order valence-electron chi connectivity index (χ1n) is 9.06. The van der Waals surface area contributed by atoms with E-state index in [-0.39, 0.29) is 12.1 Å². The second kappa shape index (κ2) is 7.60. The number of ether oxygens (including phenoxy) is 1. The summed E-state index contributed by atoms with van der Waals surface area (Å²) in [7, 11) is 0. The fourth-order valence-electron chi connectivity index (χ4n) is 3.77. The molecule has 2 aromatic heterocycles. The van der Waals surface area contributed by atoms with Gasteiger partial charge in [0.05, 0.1) is 11.1 Å². The van der Waals surface area contributed by atoms with Gasteiger partial charge in [-0.1, -0.05) is 17.7 Å². The summed E-state index contributed by atoms with van der Waals surface area (Å²) in [5.41, 5.74) is 7.56. The molecule has 1 atom stereocenters. The summed E-state index contributed by atoms with van der Waals surface area (Å²) in [5.74, 6) is 1.22. The summed E-state index contributed by atoms with van der Waals surface area (Å²) in [4.78, 5) is 8.32. The van der Waals surface area contributed by atoms with Crippen LogP contribution < -0.4 is 10.5 Å². The van der Waals surface area contributed by atoms with E-state index in [9.17, 15) is 0 Å². The first kappa shape index (κ1) is 17.3. The normalized spacial score (nSPS) is 21.5. The van der Waals surface area contributed by atoms with Gasteiger partial charge in [0, 0.05) is 36.2 Å². The van der Waals surface area contributed by atoms with Crippen molar-refractivity contribution in [3.63, 3.8) is 0 Å². The minimum atomic E-state index is 0.0430. The van der Waals surface area contributed by atoms with E-state index in [1.807, 2.05) is 36.7 Å². The average molecular weight is 368 g/mol. The highest BCUT2D eigenvalue weighted by molar-refractivity contribution is 6.32. The van der Waals surface area contributed by atoms with Crippen LogP contribution in [0.1, 0.15) is 37.3 Å². The number of hydrogen-bond acceptors (Lipinski definition) is 4. The highest BCUT2D eigenvalue weighted by atomic mass is 35.5. The van der Waals surface area contributed by atoms with E-state index in [4.69, 9.17) is 22.1 Å². The van der Waals surface area contributed by atoms with Crippen molar-refractivity contribution in [1.82, 2.24) is 9.97 Å². The van der Waals surface area contributed by atoms with Crippen LogP contribution in [0.15, 0.2) is 55.1 Å². The Hall–Kier alpha value is -2.17. The molecule has 1 aliphatic carbocycles. The number of nitrogens with two attached hydrogens (primary N) is 1. The molecule has 134 valence electrons. The van der Waals surface area contributed by atoms with Gasteiger partial charge in [0.15, 0.2) is 0 Å². The first-order valence-corrected chi connectivity index (χ1v) is 9.44. The molecule has 1 aromatic carbocycles. The molecule has 4 rings (SSSR count). The number of hydrogen-bond donors (Lipinski definition) is 1. The lowest BCUT2D eigenvalue weighted by atomic mass is 9.81. The third kappa shape index (κ3) is 3.67. The van der Waals surface area contributed by atoms with Crippen molar-refractivity contribution in [2.24, 2.45) is 11.7 Å². The second-order valence-electron chi connectivity index (χ2n) is 6.97. The minimum absolute atomic E-state index is 0.0430. The quantitative estimate of drug-likeness (QED) is 0.710. The van der Waals surface area contributed by atoms with E-state index in [0.29, 0.717) is 10.9 Å². The van der Waals surface area contributed by atoms with Crippen molar-refractivity contribution in [3.05, 3.63) is 65.7 Å². The summed E-state index contributed by atoms with van der Waals surface area (Å²) in [6, 6.07) is 9.95. The molecule has 0 aliphatic heterocycles. The van der Waals surface area contributed by atoms with E-state index in [0.717, 1.165) is 47.8 Å². The molecule has 0 saturated heterocycles. The van der Waals surface area contributed by atoms with Gasteiger partial charge in [-0.3, -0.25) is 9.97 Å². The Labute approximate surface area is 158 Å². The zero-order chi connectivity index (χ0) is 17.9. The molecule has 0 radical (unpaired) electrons. The molecule has 0 bridgehead atoms. The van der Waals surface area contributed by atoms with Crippen molar-refractivity contribution in [1.29, 1.82) is 0 Å². The number of aromatic nitrogens is 2. The molecule has 5 heteroatoms. The molecule has 2 N–H and O–H groups in total. The molecule has 26 heavy (non-hydrogen) atoms. The van der Waals surface area contributed by atoms with Crippen molar-refractivity contribution in [3.8, 4) is 5.75 Å². The average Bonchev–Trinajstić information content (AvgIpc) is 2.69. The Kier molecular flexibility index (Phi) is 5.05. The van der Waals surface area contributed by atoms with Crippen molar-refractivity contribution >= 4 is 22.4 Å². The van der Waals surface area contributed by atoms with Crippen LogP contribution in [0.25, 0.3) is 10.8 Å². The predicted molar refractivity (Wildman–Crippen MR) is 104 cm³/mol. The van der Waals surface area contributed by atoms with E-state index >= 15 is 0 Å². The SMILES string of the molecule is NC(c1cccnc1)[C@H]1CC[C@H](Oc2cc3ccncc3cc2Cl)CC1. The number of pyridine rings is 2. The molecule has 1 unspecified atom stereocenters. The summed E-state index contributed by atoms with van der Waals surface area (Å²) in [6.07, 6.45) is 11.5. The van der Waals surface area contributed by atoms with Gasteiger partial charge in [0.2, 0.25) is 0 Å². The van der Waals surface area contributed by atoms with Gasteiger partial charge in [-0.2, -0.15) is 0 Å². The molecule has 1 fully saturated rings. The third-order valence-corrected chi connectivity index (χ3v) is 5.58. The maximum absolute atomic E-state index is 6.45. The van der Waals surface area contributed by atoms with Crippen molar-refractivity contribution in [2.45, 2.75) is 37.8 Å². The van der Waals surface area contributed by atoms with E-state index in [2.05, 4.69) is 16.0 Å². The fraction of sp³-hybridized carbons (Fsp3) is 0.333. The van der Waals surface area contributed by atoms with Crippen LogP contribution in [0.5, 0.6) is 5.75 Å². The van der Waals surface area contributed by atoms with Gasteiger partial charge >= 0.3 is 0 Å². The lowest BCUT2D eigenvalue weighted by Crippen LogP contribution is -2.30. The number of nitrogens with zero attached hydrogens (tertiary/aromatic N) is 2. The Morgan fingerprint density at radius 2 is 1.81 bits per heavy atom. The van der Waals surface area contributed by atoms with Crippen LogP contribution in [0.4, 0.5) is 0 Å². The highest BCUT2D eigenvalue weighted by Crippen LogP contribution is 2.36. The summed E-state index contributed by atoms with van der Waals surface area (Å²) >= 11 is 6.40. The highest BCUT2D eigenvalue weighted by Gasteiger charge is 2.27. The van der Waals surface area contributed by atoms with Crippen molar-refractivity contribution in [2.75, 3.05) is 0 Å². The molecular weight excluding hydrogens is 346 g/mol. The first-order chi connectivity index (χ1) is 12.7. The fourth-order valence-corrected chi connectivity index (χ4v) is 3.98. The zero-order valence-electron chi connectivity index (χ0n) is 14.5. The van der Waals surface area contributed by atoms with Gasteiger partial charge < -0.3 is 10.5 Å². The number of halogens is 1. The Balaban J connectivity index is 1.40. The summed E-state index contributed by atoms with van der Waals surface area (Å²) in [6.45, 7) is 0. The van der Waals surface area contributed by atoms with Crippen molar-refractivity contribution < 1.29 is 4.74 Å². The third-order valence-electron chi connectivity index (χ3n) is 5.28. The number of rotatable bonds is 4. The molecular formula is C21H22ClN3O. The van der Waals surface area contributed by atoms with Gasteiger partial charge in [-0.15, -0.1) is 0 Å². The maximum Gasteiger partial charge on any atom is 0.138 e. The Morgan fingerprint density at radius 3 is 2.58 bits per heavy atom. The standard InChI is InChI=1S/C21H22ClN3O/c22-19-10-17-13-25-9-7-15(17)11-20(19)26-18-5-3-14(4-6-18)21(23)16-2-1-8-24-12-16/h1-2,7-14,18,21H,3-6,23H2/t14-,18-,21?. The van der Waals surface area contributed by atoms with Crippen LogP contribution in [-0.2, 0) is 0 Å². The molecule has 0 spiro atoms. The van der Waals surface area contributed by atoms with Crippen LogP contribution in [0.2, 0.25) is 5.02 Å². The largest absolute Gasteiger partial charge is 0.489 e. The van der Waals surface area contributed by atoms with Gasteiger partial charge in [0.1, 0.15) is 5.75 Å². The molecule has 1 aliphatic rings. The van der Waals surface area contributed by atoms with E-state index < -0.39 is 0 Å². The smallest absolute Gasteiger partial charge is 0.138 e. The Bertz CT molecular complexity index is 879. The number of fused-ring (bicyclic) bond motifs is 1. The number of benzene rings is 1. The van der Waals surface area contributed by atoms with E-state index in [1.165, 1.54) is 0 Å². The topological polar surface area (TPSA) is 61.0 Å². The Morgan fingerprint density at radius 1 is 1.00 bits per heavy atom. The minimum Gasteiger partial charge on any atom is -0.489 e. The van der Waals surface area contributed by atoms with Gasteiger partial charge in [-0.05, 0) is 66.8 Å². The van der Waals surface area contributed by atoms with Gasteiger partial charge in [0.25, 0.3) is 0 Å². The molecule has 1 saturated carbocycles. The molecule has 3 aromatic rings. The zero-order valence-corrected chi connectivity index (χ0v) is 15.3. The van der Waals surface area contributed by atoms with Crippen LogP contribution in [-0.4, -0.2) is 16.1 Å². The second-order valence-corrected chi connectivity index (χ2v) is 7.38. The van der Waals surface area contributed by atoms with E-state index in [1.54, 1.807) is 12.4 Å². The lowest BCUT2D eigenvalue weighted by Gasteiger charge is -2.32. The monoisotopic (exact) mass is 367 g/mol. The summed E-state index contributed by atoms with van der Waals surface area (Å²) in [5, 5.41) is 2.75. The van der Waals surface area contributed by atoms with Crippen LogP contribution in [0, 0.1) is 5.92 Å². The molecule has 4 nitrogen and oxygen atoms in total. The van der Waals surface area contributed by atoms with Crippen LogP contribution in [0.3, 0.4) is 0 Å². The maximum atomic E-state index is 6.45. The molecule has 0 amide bonds. The lowest BCUT2D eigenvalue weighted by molar-refractivity contribution is 0.123. The summed E-state index contributed by atoms with van der Waals surface area (Å²) < 4.78 is 6.22. The molecule has 2 heterocycles.